The fourth-order valence-corrected chi connectivity index (χ4v) is 5.87. The lowest BCUT2D eigenvalue weighted by atomic mass is 9.95. The molecule has 0 bridgehead atoms. The molecule has 1 fully saturated rings. The standard InChI is InChI=1S/C29H32ClN5O6S/c1-4-40-23-15-19(9-10-22(23)41-16-24(36)34-11-13-39-14-12-34)26-25(27(37)38-3)18(2)31-28-32-29(33-35(26)28)42-17-20-7-5-6-8-21(20)30/h5-10,15,26H,4,11-14,16-17H2,1-3H3,(H,31,32,33). The van der Waals surface area contributed by atoms with Gasteiger partial charge in [-0.3, -0.25) is 4.79 Å². The number of fused-ring (bicyclic) bond motifs is 1. The molecule has 2 aliphatic heterocycles. The second-order valence-corrected chi connectivity index (χ2v) is 10.9. The van der Waals surface area contributed by atoms with Gasteiger partial charge in [0.15, 0.2) is 18.1 Å². The molecule has 3 aromatic rings. The van der Waals surface area contributed by atoms with Crippen molar-refractivity contribution in [3.63, 3.8) is 0 Å². The van der Waals surface area contributed by atoms with E-state index in [1.165, 1.54) is 18.9 Å². The van der Waals surface area contributed by atoms with Crippen molar-refractivity contribution < 1.29 is 28.5 Å². The molecule has 0 aliphatic carbocycles. The Kier molecular flexibility index (Phi) is 9.55. The first-order chi connectivity index (χ1) is 20.4. The van der Waals surface area contributed by atoms with Gasteiger partial charge in [0.05, 0.1) is 32.5 Å². The predicted octanol–water partition coefficient (Wildman–Crippen LogP) is 4.32. The first kappa shape index (κ1) is 29.7. The van der Waals surface area contributed by atoms with Gasteiger partial charge in [0, 0.05) is 29.6 Å². The van der Waals surface area contributed by atoms with Crippen molar-refractivity contribution in [1.29, 1.82) is 0 Å². The van der Waals surface area contributed by atoms with Crippen LogP contribution >= 0.6 is 23.4 Å². The highest BCUT2D eigenvalue weighted by Gasteiger charge is 2.35. The Morgan fingerprint density at radius 3 is 2.67 bits per heavy atom. The second-order valence-electron chi connectivity index (χ2n) is 9.52. The molecule has 0 saturated carbocycles. The van der Waals surface area contributed by atoms with Gasteiger partial charge in [-0.1, -0.05) is 47.6 Å². The highest BCUT2D eigenvalue weighted by atomic mass is 35.5. The summed E-state index contributed by atoms with van der Waals surface area (Å²) in [5, 5.41) is 9.14. The Bertz CT molecular complexity index is 1490. The number of hydrogen-bond donors (Lipinski definition) is 1. The summed E-state index contributed by atoms with van der Waals surface area (Å²) >= 11 is 7.78. The maximum atomic E-state index is 13.0. The van der Waals surface area contributed by atoms with Crippen LogP contribution in [-0.4, -0.2) is 78.2 Å². The molecule has 11 nitrogen and oxygen atoms in total. The van der Waals surface area contributed by atoms with Gasteiger partial charge >= 0.3 is 5.97 Å². The molecule has 0 radical (unpaired) electrons. The van der Waals surface area contributed by atoms with E-state index < -0.39 is 12.0 Å². The van der Waals surface area contributed by atoms with Crippen LogP contribution in [0.25, 0.3) is 0 Å². The Morgan fingerprint density at radius 1 is 1.14 bits per heavy atom. The monoisotopic (exact) mass is 613 g/mol. The molecule has 1 saturated heterocycles. The minimum atomic E-state index is -0.654. The molecule has 13 heteroatoms. The molecule has 1 atom stereocenters. The Labute approximate surface area is 253 Å². The van der Waals surface area contributed by atoms with Gasteiger partial charge in [-0.15, -0.1) is 5.10 Å². The number of carbonyl (C=O) groups excluding carboxylic acids is 2. The van der Waals surface area contributed by atoms with Crippen LogP contribution in [0.3, 0.4) is 0 Å². The van der Waals surface area contributed by atoms with Gasteiger partial charge in [0.1, 0.15) is 6.04 Å². The molecule has 1 N–H and O–H groups in total. The van der Waals surface area contributed by atoms with E-state index in [2.05, 4.69) is 10.3 Å². The fourth-order valence-electron chi connectivity index (χ4n) is 4.76. The van der Waals surface area contributed by atoms with E-state index in [0.29, 0.717) is 83.1 Å². The van der Waals surface area contributed by atoms with Crippen LogP contribution in [0, 0.1) is 0 Å². The van der Waals surface area contributed by atoms with Crippen LogP contribution < -0.4 is 14.8 Å². The van der Waals surface area contributed by atoms with Crippen molar-refractivity contribution in [1.82, 2.24) is 19.7 Å². The summed E-state index contributed by atoms with van der Waals surface area (Å²) in [5.74, 6) is 1.32. The number of anilines is 1. The fraction of sp³-hybridized carbons (Fsp3) is 0.379. The first-order valence-electron chi connectivity index (χ1n) is 13.5. The summed E-state index contributed by atoms with van der Waals surface area (Å²) in [5.41, 5.74) is 2.66. The van der Waals surface area contributed by atoms with Gasteiger partial charge in [-0.2, -0.15) is 4.98 Å². The normalized spacial score (nSPS) is 16.5. The maximum Gasteiger partial charge on any atom is 0.338 e. The third-order valence-electron chi connectivity index (χ3n) is 6.85. The number of amides is 1. The SMILES string of the molecule is CCOc1cc(C2C(C(=O)OC)=C(C)Nc3nc(SCc4ccccc4Cl)nn32)ccc1OCC(=O)N1CCOCC1. The second kappa shape index (κ2) is 13.5. The Hall–Kier alpha value is -3.74. The maximum absolute atomic E-state index is 13.0. The number of esters is 1. The zero-order valence-corrected chi connectivity index (χ0v) is 25.2. The zero-order chi connectivity index (χ0) is 29.6. The number of halogens is 1. The Morgan fingerprint density at radius 2 is 1.93 bits per heavy atom. The average Bonchev–Trinajstić information content (AvgIpc) is 3.41. The number of nitrogens with one attached hydrogen (secondary N) is 1. The molecule has 3 heterocycles. The van der Waals surface area contributed by atoms with Gasteiger partial charge < -0.3 is 29.2 Å². The molecular formula is C29H32ClN5O6S. The van der Waals surface area contributed by atoms with Crippen LogP contribution in [0.15, 0.2) is 58.9 Å². The van der Waals surface area contributed by atoms with E-state index >= 15 is 0 Å². The van der Waals surface area contributed by atoms with Crippen molar-refractivity contribution in [2.45, 2.75) is 30.8 Å². The number of benzene rings is 2. The minimum absolute atomic E-state index is 0.121. The van der Waals surface area contributed by atoms with E-state index in [1.807, 2.05) is 37.3 Å². The van der Waals surface area contributed by atoms with Gasteiger partial charge in [0.2, 0.25) is 11.1 Å². The molecule has 2 aliphatic rings. The minimum Gasteiger partial charge on any atom is -0.490 e. The number of morpholine rings is 1. The van der Waals surface area contributed by atoms with Crippen molar-refractivity contribution >= 4 is 41.2 Å². The van der Waals surface area contributed by atoms with Crippen LogP contribution in [-0.2, 0) is 24.8 Å². The first-order valence-corrected chi connectivity index (χ1v) is 14.9. The summed E-state index contributed by atoms with van der Waals surface area (Å²) in [7, 11) is 1.34. The van der Waals surface area contributed by atoms with Gasteiger partial charge in [-0.05, 0) is 43.2 Å². The summed E-state index contributed by atoms with van der Waals surface area (Å²) in [4.78, 5) is 32.1. The van der Waals surface area contributed by atoms with Crippen molar-refractivity contribution in [3.8, 4) is 11.5 Å². The number of carbonyl (C=O) groups is 2. The number of allylic oxidation sites excluding steroid dienone is 1. The molecular weight excluding hydrogens is 582 g/mol. The number of rotatable bonds is 10. The number of methoxy groups -OCH3 is 1. The molecule has 1 unspecified atom stereocenters. The molecule has 42 heavy (non-hydrogen) atoms. The smallest absolute Gasteiger partial charge is 0.338 e. The van der Waals surface area contributed by atoms with Gasteiger partial charge in [0.25, 0.3) is 5.91 Å². The van der Waals surface area contributed by atoms with Crippen LogP contribution in [0.4, 0.5) is 5.95 Å². The summed E-state index contributed by atoms with van der Waals surface area (Å²) in [6.45, 7) is 6.01. The lowest BCUT2D eigenvalue weighted by Gasteiger charge is -2.28. The van der Waals surface area contributed by atoms with Gasteiger partial charge in [-0.25, -0.2) is 9.48 Å². The van der Waals surface area contributed by atoms with Crippen LogP contribution in [0.2, 0.25) is 5.02 Å². The number of nitrogens with zero attached hydrogens (tertiary/aromatic N) is 4. The highest BCUT2D eigenvalue weighted by Crippen LogP contribution is 2.40. The Balaban J connectivity index is 1.44. The largest absolute Gasteiger partial charge is 0.490 e. The number of ether oxygens (including phenoxy) is 4. The summed E-state index contributed by atoms with van der Waals surface area (Å²) < 4.78 is 24.0. The average molecular weight is 614 g/mol. The third-order valence-corrected chi connectivity index (χ3v) is 8.11. The highest BCUT2D eigenvalue weighted by molar-refractivity contribution is 7.98. The molecule has 0 spiro atoms. The number of aromatic nitrogens is 3. The van der Waals surface area contributed by atoms with Crippen LogP contribution in [0.5, 0.6) is 11.5 Å². The molecule has 2 aromatic carbocycles. The van der Waals surface area contributed by atoms with Crippen molar-refractivity contribution in [2.24, 2.45) is 0 Å². The molecule has 222 valence electrons. The van der Waals surface area contributed by atoms with Crippen molar-refractivity contribution in [2.75, 3.05) is 51.9 Å². The molecule has 5 rings (SSSR count). The summed E-state index contributed by atoms with van der Waals surface area (Å²) in [6, 6.07) is 12.3. The van der Waals surface area contributed by atoms with E-state index in [1.54, 1.807) is 28.6 Å². The molecule has 1 amide bonds. The van der Waals surface area contributed by atoms with E-state index in [9.17, 15) is 9.59 Å². The quantitative estimate of drug-likeness (QED) is 0.262. The summed E-state index contributed by atoms with van der Waals surface area (Å²) in [6.07, 6.45) is 0. The number of hydrogen-bond acceptors (Lipinski definition) is 10. The van der Waals surface area contributed by atoms with Crippen LogP contribution in [0.1, 0.15) is 31.0 Å². The van der Waals surface area contributed by atoms with E-state index in [4.69, 9.17) is 35.6 Å². The predicted molar refractivity (Wildman–Crippen MR) is 158 cm³/mol. The van der Waals surface area contributed by atoms with Crippen molar-refractivity contribution in [3.05, 3.63) is 69.9 Å². The van der Waals surface area contributed by atoms with E-state index in [0.717, 1.165) is 5.56 Å². The van der Waals surface area contributed by atoms with E-state index in [-0.39, 0.29) is 12.5 Å². The third kappa shape index (κ3) is 6.50. The molecule has 1 aromatic heterocycles. The zero-order valence-electron chi connectivity index (χ0n) is 23.6. The lowest BCUT2D eigenvalue weighted by Crippen LogP contribution is -2.43. The lowest BCUT2D eigenvalue weighted by molar-refractivity contribution is -0.137. The topological polar surface area (TPSA) is 117 Å². The number of thioether (sulfide) groups is 1.